The molecular weight excluding hydrogens is 302 g/mol. The molecule has 1 fully saturated rings. The number of rotatable bonds is 6. The van der Waals surface area contributed by atoms with Gasteiger partial charge in [-0.15, -0.1) is 0 Å². The van der Waals surface area contributed by atoms with E-state index in [1.807, 2.05) is 0 Å². The number of sulfonamides is 1. The lowest BCUT2D eigenvalue weighted by Gasteiger charge is -2.14. The second kappa shape index (κ2) is 7.21. The minimum absolute atomic E-state index is 0.0237. The van der Waals surface area contributed by atoms with Gasteiger partial charge in [0.1, 0.15) is 0 Å². The number of nitrogens with one attached hydrogen (secondary N) is 2. The molecule has 6 nitrogen and oxygen atoms in total. The largest absolute Gasteiger partial charge is 0.327 e. The third-order valence-electron chi connectivity index (χ3n) is 3.94. The molecule has 0 saturated heterocycles. The summed E-state index contributed by atoms with van der Waals surface area (Å²) in [6, 6.07) is 7.25. The van der Waals surface area contributed by atoms with E-state index in [2.05, 4.69) is 10.0 Å². The van der Waals surface area contributed by atoms with E-state index in [4.69, 9.17) is 5.73 Å². The highest BCUT2D eigenvalue weighted by Crippen LogP contribution is 2.27. The average Bonchev–Trinajstić information content (AvgIpc) is 2.82. The third kappa shape index (κ3) is 5.40. The lowest BCUT2D eigenvalue weighted by Crippen LogP contribution is -2.28. The van der Waals surface area contributed by atoms with Crippen molar-refractivity contribution in [2.45, 2.75) is 38.3 Å². The first-order valence-electron chi connectivity index (χ1n) is 7.42. The van der Waals surface area contributed by atoms with Crippen molar-refractivity contribution < 1.29 is 13.2 Å². The highest BCUT2D eigenvalue weighted by molar-refractivity contribution is 7.88. The Morgan fingerprint density at radius 2 is 1.95 bits per heavy atom. The normalized spacial score (nSPS) is 21.7. The van der Waals surface area contributed by atoms with Crippen molar-refractivity contribution in [3.63, 3.8) is 0 Å². The summed E-state index contributed by atoms with van der Waals surface area (Å²) in [5.74, 6) is 0.252. The Labute approximate surface area is 131 Å². The number of benzene rings is 1. The first-order valence-corrected chi connectivity index (χ1v) is 9.31. The van der Waals surface area contributed by atoms with Gasteiger partial charge in [-0.25, -0.2) is 13.1 Å². The van der Waals surface area contributed by atoms with E-state index in [9.17, 15) is 13.2 Å². The first-order chi connectivity index (χ1) is 10.3. The standard InChI is InChI=1S/C15H23N3O3S/c1-22(20,21)17-10-11-5-7-13(8-6-11)18-15(19)9-12-3-2-4-14(12)16/h5-8,12,14,17H,2-4,9-10,16H2,1H3,(H,18,19)/t12-,14+/m0/s1. The molecule has 0 heterocycles. The smallest absolute Gasteiger partial charge is 0.224 e. The van der Waals surface area contributed by atoms with Crippen LogP contribution in [0.2, 0.25) is 0 Å². The van der Waals surface area contributed by atoms with Crippen LogP contribution in [-0.4, -0.2) is 26.6 Å². The average molecular weight is 325 g/mol. The maximum absolute atomic E-state index is 12.0. The summed E-state index contributed by atoms with van der Waals surface area (Å²) in [6.07, 6.45) is 4.69. The maximum Gasteiger partial charge on any atom is 0.224 e. The van der Waals surface area contributed by atoms with Crippen LogP contribution in [0.5, 0.6) is 0 Å². The molecule has 1 aromatic carbocycles. The fourth-order valence-electron chi connectivity index (χ4n) is 2.69. The third-order valence-corrected chi connectivity index (χ3v) is 4.61. The van der Waals surface area contributed by atoms with Crippen LogP contribution in [0.1, 0.15) is 31.2 Å². The van der Waals surface area contributed by atoms with E-state index in [1.165, 1.54) is 0 Å². The zero-order chi connectivity index (χ0) is 16.2. The lowest BCUT2D eigenvalue weighted by atomic mass is 10.00. The highest BCUT2D eigenvalue weighted by Gasteiger charge is 2.25. The van der Waals surface area contributed by atoms with E-state index < -0.39 is 10.0 Å². The molecule has 0 aromatic heterocycles. The van der Waals surface area contributed by atoms with E-state index in [0.717, 1.165) is 31.1 Å². The molecule has 0 bridgehead atoms. The molecule has 122 valence electrons. The van der Waals surface area contributed by atoms with Crippen LogP contribution in [-0.2, 0) is 21.4 Å². The second-order valence-electron chi connectivity index (χ2n) is 5.90. The number of hydrogen-bond acceptors (Lipinski definition) is 4. The van der Waals surface area contributed by atoms with E-state index in [-0.39, 0.29) is 24.4 Å². The van der Waals surface area contributed by atoms with Gasteiger partial charge in [0.2, 0.25) is 15.9 Å². The van der Waals surface area contributed by atoms with Gasteiger partial charge in [0.05, 0.1) is 6.26 Å². The molecule has 1 aromatic rings. The molecule has 0 radical (unpaired) electrons. The first kappa shape index (κ1) is 16.9. The Hall–Kier alpha value is -1.44. The predicted molar refractivity (Wildman–Crippen MR) is 86.7 cm³/mol. The van der Waals surface area contributed by atoms with Gasteiger partial charge in [-0.05, 0) is 36.5 Å². The van der Waals surface area contributed by atoms with Crippen LogP contribution < -0.4 is 15.8 Å². The Kier molecular flexibility index (Phi) is 5.55. The van der Waals surface area contributed by atoms with E-state index >= 15 is 0 Å². The predicted octanol–water partition coefficient (Wildman–Crippen LogP) is 1.19. The Morgan fingerprint density at radius 3 is 2.50 bits per heavy atom. The van der Waals surface area contributed by atoms with Crippen LogP contribution in [0.15, 0.2) is 24.3 Å². The molecule has 22 heavy (non-hydrogen) atoms. The quantitative estimate of drug-likeness (QED) is 0.731. The van der Waals surface area contributed by atoms with Crippen molar-refractivity contribution in [2.24, 2.45) is 11.7 Å². The summed E-state index contributed by atoms with van der Waals surface area (Å²) in [4.78, 5) is 12.0. The van der Waals surface area contributed by atoms with Crippen molar-refractivity contribution in [1.29, 1.82) is 0 Å². The molecular formula is C15H23N3O3S. The van der Waals surface area contributed by atoms with Crippen molar-refractivity contribution in [2.75, 3.05) is 11.6 Å². The van der Waals surface area contributed by atoms with Crippen LogP contribution in [0.25, 0.3) is 0 Å². The molecule has 0 unspecified atom stereocenters. The summed E-state index contributed by atoms with van der Waals surface area (Å²) < 4.78 is 24.5. The van der Waals surface area contributed by atoms with Crippen LogP contribution in [0.3, 0.4) is 0 Å². The van der Waals surface area contributed by atoms with Gasteiger partial charge in [0.15, 0.2) is 0 Å². The summed E-state index contributed by atoms with van der Waals surface area (Å²) in [7, 11) is -3.20. The fraction of sp³-hybridized carbons (Fsp3) is 0.533. The molecule has 2 atom stereocenters. The van der Waals surface area contributed by atoms with E-state index in [0.29, 0.717) is 12.1 Å². The van der Waals surface area contributed by atoms with Crippen LogP contribution >= 0.6 is 0 Å². The van der Waals surface area contributed by atoms with Crippen LogP contribution in [0, 0.1) is 5.92 Å². The summed E-state index contributed by atoms with van der Waals surface area (Å²) in [6.45, 7) is 0.240. The lowest BCUT2D eigenvalue weighted by molar-refractivity contribution is -0.117. The Morgan fingerprint density at radius 1 is 1.27 bits per heavy atom. The van der Waals surface area contributed by atoms with Gasteiger partial charge in [-0.1, -0.05) is 18.6 Å². The zero-order valence-corrected chi connectivity index (χ0v) is 13.5. The van der Waals surface area contributed by atoms with Gasteiger partial charge in [0, 0.05) is 24.7 Å². The van der Waals surface area contributed by atoms with Gasteiger partial charge >= 0.3 is 0 Å². The molecule has 4 N–H and O–H groups in total. The van der Waals surface area contributed by atoms with Gasteiger partial charge in [0.25, 0.3) is 0 Å². The van der Waals surface area contributed by atoms with Gasteiger partial charge in [-0.3, -0.25) is 4.79 Å². The molecule has 7 heteroatoms. The number of carbonyl (C=O) groups excluding carboxylic acids is 1. The second-order valence-corrected chi connectivity index (χ2v) is 7.73. The van der Waals surface area contributed by atoms with Gasteiger partial charge in [-0.2, -0.15) is 0 Å². The molecule has 1 amide bonds. The van der Waals surface area contributed by atoms with Crippen molar-refractivity contribution >= 4 is 21.6 Å². The fourth-order valence-corrected chi connectivity index (χ4v) is 3.12. The monoisotopic (exact) mass is 325 g/mol. The number of carbonyl (C=O) groups is 1. The van der Waals surface area contributed by atoms with Crippen molar-refractivity contribution in [1.82, 2.24) is 4.72 Å². The molecule has 0 aliphatic heterocycles. The van der Waals surface area contributed by atoms with Gasteiger partial charge < -0.3 is 11.1 Å². The summed E-state index contributed by atoms with van der Waals surface area (Å²) in [5, 5.41) is 2.86. The van der Waals surface area contributed by atoms with Crippen LogP contribution in [0.4, 0.5) is 5.69 Å². The minimum Gasteiger partial charge on any atom is -0.327 e. The summed E-state index contributed by atoms with van der Waals surface area (Å²) in [5.41, 5.74) is 7.52. The topological polar surface area (TPSA) is 101 Å². The molecule has 1 saturated carbocycles. The maximum atomic E-state index is 12.0. The molecule has 2 rings (SSSR count). The number of anilines is 1. The molecule has 1 aliphatic rings. The van der Waals surface area contributed by atoms with E-state index in [1.54, 1.807) is 24.3 Å². The minimum atomic E-state index is -3.20. The number of amides is 1. The SMILES string of the molecule is CS(=O)(=O)NCc1ccc(NC(=O)C[C@@H]2CCC[C@H]2N)cc1. The molecule has 1 aliphatic carbocycles. The highest BCUT2D eigenvalue weighted by atomic mass is 32.2. The number of nitrogens with two attached hydrogens (primary N) is 1. The number of hydrogen-bond donors (Lipinski definition) is 3. The zero-order valence-electron chi connectivity index (χ0n) is 12.7. The van der Waals surface area contributed by atoms with Crippen molar-refractivity contribution in [3.05, 3.63) is 29.8 Å². The Bertz CT molecular complexity index is 613. The van der Waals surface area contributed by atoms with Crippen molar-refractivity contribution in [3.8, 4) is 0 Å². The summed E-state index contributed by atoms with van der Waals surface area (Å²) >= 11 is 0. The molecule has 0 spiro atoms. The Balaban J connectivity index is 1.84.